The lowest BCUT2D eigenvalue weighted by molar-refractivity contribution is -0.121. The van der Waals surface area contributed by atoms with Gasteiger partial charge in [0.2, 0.25) is 5.91 Å². The summed E-state index contributed by atoms with van der Waals surface area (Å²) in [6, 6.07) is 12.1. The predicted molar refractivity (Wildman–Crippen MR) is 118 cm³/mol. The Labute approximate surface area is 174 Å². The number of aromatic nitrogens is 2. The number of hydrogen-bond donors (Lipinski definition) is 0. The number of para-hydroxylation sites is 1. The van der Waals surface area contributed by atoms with Crippen LogP contribution >= 0.6 is 11.3 Å². The van der Waals surface area contributed by atoms with Gasteiger partial charge in [-0.3, -0.25) is 9.69 Å². The lowest BCUT2D eigenvalue weighted by atomic mass is 10.1. The molecule has 2 aromatic heterocycles. The van der Waals surface area contributed by atoms with Gasteiger partial charge in [0, 0.05) is 44.8 Å². The van der Waals surface area contributed by atoms with Crippen molar-refractivity contribution in [3.8, 4) is 0 Å². The minimum Gasteiger partial charge on any atom is -0.353 e. The Morgan fingerprint density at radius 1 is 1.03 bits per heavy atom. The third kappa shape index (κ3) is 3.38. The Morgan fingerprint density at radius 2 is 1.83 bits per heavy atom. The molecular weight excluding hydrogens is 382 g/mol. The molecule has 5 rings (SSSR count). The molecule has 6 nitrogen and oxygen atoms in total. The maximum Gasteiger partial charge on any atom is 0.244 e. The highest BCUT2D eigenvalue weighted by Gasteiger charge is 2.38. The van der Waals surface area contributed by atoms with Crippen LogP contribution in [0.15, 0.2) is 41.8 Å². The molecule has 29 heavy (non-hydrogen) atoms. The predicted octanol–water partition coefficient (Wildman–Crippen LogP) is 3.18. The van der Waals surface area contributed by atoms with E-state index in [9.17, 15) is 4.79 Å². The number of carbonyl (C=O) groups is 1. The first-order valence-electron chi connectivity index (χ1n) is 10.3. The molecule has 3 aromatic rings. The van der Waals surface area contributed by atoms with Gasteiger partial charge in [-0.2, -0.15) is 0 Å². The molecule has 0 aliphatic carbocycles. The van der Waals surface area contributed by atoms with E-state index in [0.29, 0.717) is 0 Å². The van der Waals surface area contributed by atoms with Gasteiger partial charge in [-0.05, 0) is 30.0 Å². The third-order valence-electron chi connectivity index (χ3n) is 5.97. The van der Waals surface area contributed by atoms with Crippen molar-refractivity contribution in [3.05, 3.63) is 47.6 Å². The fraction of sp³-hybridized carbons (Fsp3) is 0.409. The summed E-state index contributed by atoms with van der Waals surface area (Å²) < 4.78 is 0. The van der Waals surface area contributed by atoms with Gasteiger partial charge < -0.3 is 9.80 Å². The van der Waals surface area contributed by atoms with E-state index in [1.165, 1.54) is 0 Å². The van der Waals surface area contributed by atoms with E-state index >= 15 is 0 Å². The molecule has 0 unspecified atom stereocenters. The van der Waals surface area contributed by atoms with Gasteiger partial charge in [0.1, 0.15) is 16.5 Å². The summed E-state index contributed by atoms with van der Waals surface area (Å²) >= 11 is 1.68. The van der Waals surface area contributed by atoms with Gasteiger partial charge in [0.25, 0.3) is 0 Å². The number of anilines is 2. The molecule has 1 aromatic carbocycles. The molecule has 2 saturated heterocycles. The van der Waals surface area contributed by atoms with Gasteiger partial charge in [-0.25, -0.2) is 9.97 Å². The van der Waals surface area contributed by atoms with Crippen LogP contribution in [0.2, 0.25) is 0 Å². The lowest BCUT2D eigenvalue weighted by Crippen LogP contribution is -2.52. The van der Waals surface area contributed by atoms with Crippen LogP contribution in [0, 0.1) is 0 Å². The minimum atomic E-state index is -0.00451. The second-order valence-corrected chi connectivity index (χ2v) is 8.50. The summed E-state index contributed by atoms with van der Waals surface area (Å²) in [4.78, 5) is 30.2. The van der Waals surface area contributed by atoms with Gasteiger partial charge in [0.05, 0.1) is 11.4 Å². The number of amides is 1. The molecule has 2 fully saturated rings. The first-order valence-corrected chi connectivity index (χ1v) is 11.2. The van der Waals surface area contributed by atoms with Crippen LogP contribution in [0.4, 0.5) is 11.5 Å². The van der Waals surface area contributed by atoms with Crippen molar-refractivity contribution in [2.75, 3.05) is 42.5 Å². The number of carbonyl (C=O) groups excluding carboxylic acids is 1. The van der Waals surface area contributed by atoms with Crippen LogP contribution in [0.1, 0.15) is 19.2 Å². The quantitative estimate of drug-likeness (QED) is 0.665. The van der Waals surface area contributed by atoms with Gasteiger partial charge in [-0.1, -0.05) is 25.1 Å². The Morgan fingerprint density at radius 3 is 2.59 bits per heavy atom. The molecule has 4 heterocycles. The van der Waals surface area contributed by atoms with Crippen molar-refractivity contribution in [2.45, 2.75) is 25.8 Å². The van der Waals surface area contributed by atoms with Crippen LogP contribution in [-0.4, -0.2) is 59.5 Å². The average molecular weight is 408 g/mol. The van der Waals surface area contributed by atoms with Crippen LogP contribution in [0.25, 0.3) is 10.2 Å². The van der Waals surface area contributed by atoms with Crippen LogP contribution in [-0.2, 0) is 11.2 Å². The van der Waals surface area contributed by atoms with Gasteiger partial charge in [0.15, 0.2) is 0 Å². The maximum atomic E-state index is 13.0. The lowest BCUT2D eigenvalue weighted by Gasteiger charge is -2.38. The number of hydrogen-bond acceptors (Lipinski definition) is 6. The molecule has 7 heteroatoms. The first-order chi connectivity index (χ1) is 14.2. The molecule has 0 radical (unpaired) electrons. The molecule has 1 amide bonds. The highest BCUT2D eigenvalue weighted by molar-refractivity contribution is 7.16. The fourth-order valence-electron chi connectivity index (χ4n) is 4.40. The van der Waals surface area contributed by atoms with Gasteiger partial charge in [-0.15, -0.1) is 11.3 Å². The number of rotatable bonds is 4. The van der Waals surface area contributed by atoms with Crippen molar-refractivity contribution >= 4 is 39.0 Å². The molecule has 2 aliphatic rings. The Bertz CT molecular complexity index is 1010. The number of thiophene rings is 1. The normalized spacial score (nSPS) is 20.7. The highest BCUT2D eigenvalue weighted by atomic mass is 32.1. The molecule has 0 bridgehead atoms. The van der Waals surface area contributed by atoms with Crippen molar-refractivity contribution in [2.24, 2.45) is 0 Å². The van der Waals surface area contributed by atoms with Crippen LogP contribution in [0.3, 0.4) is 0 Å². The molecule has 0 saturated carbocycles. The smallest absolute Gasteiger partial charge is 0.244 e. The van der Waals surface area contributed by atoms with E-state index < -0.39 is 0 Å². The molecule has 1 atom stereocenters. The Hall–Kier alpha value is -2.51. The SMILES string of the molecule is CCc1nc(N2CCN([C@H]3CCN(c4ccccc4)C3=O)CC2)c2ccsc2n1. The van der Waals surface area contributed by atoms with Crippen LogP contribution in [0.5, 0.6) is 0 Å². The molecule has 0 N–H and O–H groups in total. The standard InChI is InChI=1S/C22H25N5OS/c1-2-19-23-20(17-9-15-29-21(17)24-19)26-13-11-25(12-14-26)18-8-10-27(22(18)28)16-6-4-3-5-7-16/h3-7,9,15,18H,2,8,10-14H2,1H3/t18-/m0/s1. The second-order valence-electron chi connectivity index (χ2n) is 7.61. The zero-order valence-electron chi connectivity index (χ0n) is 16.6. The average Bonchev–Trinajstić information content (AvgIpc) is 3.40. The van der Waals surface area contributed by atoms with E-state index in [1.807, 2.05) is 35.2 Å². The summed E-state index contributed by atoms with van der Waals surface area (Å²) in [6.45, 7) is 6.45. The van der Waals surface area contributed by atoms with Crippen molar-refractivity contribution in [3.63, 3.8) is 0 Å². The number of fused-ring (bicyclic) bond motifs is 1. The number of benzene rings is 1. The number of nitrogens with zero attached hydrogens (tertiary/aromatic N) is 5. The largest absolute Gasteiger partial charge is 0.353 e. The van der Waals surface area contributed by atoms with Crippen molar-refractivity contribution in [1.82, 2.24) is 14.9 Å². The molecular formula is C22H25N5OS. The maximum absolute atomic E-state index is 13.0. The fourth-order valence-corrected chi connectivity index (χ4v) is 5.17. The Kier molecular flexibility index (Phi) is 4.93. The second kappa shape index (κ2) is 7.72. The van der Waals surface area contributed by atoms with Crippen molar-refractivity contribution in [1.29, 1.82) is 0 Å². The van der Waals surface area contributed by atoms with E-state index in [4.69, 9.17) is 4.98 Å². The van der Waals surface area contributed by atoms with E-state index in [2.05, 4.69) is 33.2 Å². The summed E-state index contributed by atoms with van der Waals surface area (Å²) in [5.74, 6) is 2.19. The van der Waals surface area contributed by atoms with Crippen LogP contribution < -0.4 is 9.80 Å². The molecule has 0 spiro atoms. The zero-order chi connectivity index (χ0) is 19.8. The third-order valence-corrected chi connectivity index (χ3v) is 6.77. The topological polar surface area (TPSA) is 52.6 Å². The zero-order valence-corrected chi connectivity index (χ0v) is 17.4. The number of aryl methyl sites for hydroxylation is 1. The van der Waals surface area contributed by atoms with Crippen molar-refractivity contribution < 1.29 is 4.79 Å². The van der Waals surface area contributed by atoms with Gasteiger partial charge >= 0.3 is 0 Å². The van der Waals surface area contributed by atoms with E-state index in [1.54, 1.807) is 11.3 Å². The minimum absolute atomic E-state index is 0.00451. The summed E-state index contributed by atoms with van der Waals surface area (Å²) in [7, 11) is 0. The van der Waals surface area contributed by atoms with E-state index in [0.717, 1.165) is 73.1 Å². The first kappa shape index (κ1) is 18.5. The number of piperazine rings is 1. The summed E-state index contributed by atoms with van der Waals surface area (Å²) in [5, 5.41) is 3.24. The molecule has 150 valence electrons. The van der Waals surface area contributed by atoms with E-state index in [-0.39, 0.29) is 11.9 Å². The Balaban J connectivity index is 1.29. The highest BCUT2D eigenvalue weighted by Crippen LogP contribution is 2.30. The molecule has 2 aliphatic heterocycles. The summed E-state index contributed by atoms with van der Waals surface area (Å²) in [6.07, 6.45) is 1.74. The monoisotopic (exact) mass is 407 g/mol. The summed E-state index contributed by atoms with van der Waals surface area (Å²) in [5.41, 5.74) is 1.01.